The Bertz CT molecular complexity index is 491. The Kier molecular flexibility index (Phi) is 6.46. The number of hydrogen-bond donors (Lipinski definition) is 0. The molecule has 1 aromatic carbocycles. The van der Waals surface area contributed by atoms with Gasteiger partial charge in [-0.3, -0.25) is 4.79 Å². The molecule has 23 heavy (non-hydrogen) atoms. The zero-order valence-corrected chi connectivity index (χ0v) is 14.9. The SMILES string of the molecule is CC(C)CC(=O)N(Cc1ccc(N(C)C)cc1)CC1CCCO1. The molecule has 0 N–H and O–H groups in total. The molecule has 0 spiro atoms. The van der Waals surface area contributed by atoms with Crippen LogP contribution in [0.5, 0.6) is 0 Å². The van der Waals surface area contributed by atoms with E-state index in [-0.39, 0.29) is 12.0 Å². The summed E-state index contributed by atoms with van der Waals surface area (Å²) in [5.74, 6) is 0.609. The van der Waals surface area contributed by atoms with Crippen LogP contribution in [0.2, 0.25) is 0 Å². The van der Waals surface area contributed by atoms with Gasteiger partial charge in [0.15, 0.2) is 0 Å². The Balaban J connectivity index is 2.04. The van der Waals surface area contributed by atoms with Crippen molar-refractivity contribution in [1.82, 2.24) is 4.90 Å². The molecule has 1 unspecified atom stereocenters. The Morgan fingerprint density at radius 2 is 1.96 bits per heavy atom. The summed E-state index contributed by atoms with van der Waals surface area (Å²) in [5.41, 5.74) is 2.35. The molecule has 0 saturated carbocycles. The highest BCUT2D eigenvalue weighted by Gasteiger charge is 2.23. The number of amides is 1. The molecule has 0 aromatic heterocycles. The van der Waals surface area contributed by atoms with Crippen molar-refractivity contribution in [1.29, 1.82) is 0 Å². The minimum atomic E-state index is 0.201. The number of carbonyl (C=O) groups excluding carboxylic acids is 1. The van der Waals surface area contributed by atoms with Crippen molar-refractivity contribution in [3.05, 3.63) is 29.8 Å². The maximum Gasteiger partial charge on any atom is 0.223 e. The van der Waals surface area contributed by atoms with Crippen molar-refractivity contribution in [3.63, 3.8) is 0 Å². The molecule has 1 aromatic rings. The molecule has 1 saturated heterocycles. The second-order valence-electron chi connectivity index (χ2n) is 7.07. The van der Waals surface area contributed by atoms with Crippen molar-refractivity contribution in [2.45, 2.75) is 45.8 Å². The van der Waals surface area contributed by atoms with Gasteiger partial charge in [0.25, 0.3) is 0 Å². The molecule has 0 bridgehead atoms. The van der Waals surface area contributed by atoms with Gasteiger partial charge in [0.05, 0.1) is 6.10 Å². The molecule has 1 amide bonds. The molecular formula is C19H30N2O2. The predicted molar refractivity (Wildman–Crippen MR) is 94.6 cm³/mol. The number of benzene rings is 1. The fourth-order valence-corrected chi connectivity index (χ4v) is 2.89. The summed E-state index contributed by atoms with van der Waals surface area (Å²) >= 11 is 0. The fourth-order valence-electron chi connectivity index (χ4n) is 2.89. The summed E-state index contributed by atoms with van der Waals surface area (Å²) in [5, 5.41) is 0. The van der Waals surface area contributed by atoms with Crippen LogP contribution in [0.4, 0.5) is 5.69 Å². The molecule has 0 radical (unpaired) electrons. The van der Waals surface area contributed by atoms with E-state index in [9.17, 15) is 4.79 Å². The van der Waals surface area contributed by atoms with Gasteiger partial charge >= 0.3 is 0 Å². The van der Waals surface area contributed by atoms with E-state index in [2.05, 4.69) is 43.0 Å². The summed E-state index contributed by atoms with van der Waals surface area (Å²) in [4.78, 5) is 16.6. The lowest BCUT2D eigenvalue weighted by molar-refractivity contribution is -0.134. The van der Waals surface area contributed by atoms with E-state index in [1.807, 2.05) is 19.0 Å². The Hall–Kier alpha value is -1.55. The summed E-state index contributed by atoms with van der Waals surface area (Å²) in [6.45, 7) is 6.39. The molecule has 1 atom stereocenters. The number of anilines is 1. The third kappa shape index (κ3) is 5.54. The average Bonchev–Trinajstić information content (AvgIpc) is 2.99. The van der Waals surface area contributed by atoms with Crippen LogP contribution in [0.1, 0.15) is 38.7 Å². The monoisotopic (exact) mass is 318 g/mol. The molecule has 4 nitrogen and oxygen atoms in total. The highest BCUT2D eigenvalue weighted by Crippen LogP contribution is 2.18. The third-order valence-corrected chi connectivity index (χ3v) is 4.21. The van der Waals surface area contributed by atoms with Gasteiger partial charge in [-0.2, -0.15) is 0 Å². The van der Waals surface area contributed by atoms with Gasteiger partial charge in [-0.25, -0.2) is 0 Å². The average molecular weight is 318 g/mol. The molecule has 1 aliphatic heterocycles. The van der Waals surface area contributed by atoms with Crippen molar-refractivity contribution in [2.75, 3.05) is 32.1 Å². The van der Waals surface area contributed by atoms with E-state index in [4.69, 9.17) is 4.74 Å². The van der Waals surface area contributed by atoms with Crippen LogP contribution < -0.4 is 4.90 Å². The second-order valence-corrected chi connectivity index (χ2v) is 7.07. The van der Waals surface area contributed by atoms with Crippen LogP contribution in [0.3, 0.4) is 0 Å². The Morgan fingerprint density at radius 1 is 1.26 bits per heavy atom. The van der Waals surface area contributed by atoms with E-state index >= 15 is 0 Å². The highest BCUT2D eigenvalue weighted by atomic mass is 16.5. The largest absolute Gasteiger partial charge is 0.378 e. The van der Waals surface area contributed by atoms with Crippen LogP contribution in [0.25, 0.3) is 0 Å². The first-order chi connectivity index (χ1) is 11.0. The third-order valence-electron chi connectivity index (χ3n) is 4.21. The summed E-state index contributed by atoms with van der Waals surface area (Å²) < 4.78 is 5.73. The van der Waals surface area contributed by atoms with Crippen LogP contribution in [-0.2, 0) is 16.1 Å². The van der Waals surface area contributed by atoms with Crippen molar-refractivity contribution in [3.8, 4) is 0 Å². The molecule has 0 aliphatic carbocycles. The lowest BCUT2D eigenvalue weighted by Gasteiger charge is -2.26. The zero-order chi connectivity index (χ0) is 16.8. The number of ether oxygens (including phenoxy) is 1. The summed E-state index contributed by atoms with van der Waals surface area (Å²) in [7, 11) is 4.07. The first kappa shape index (κ1) is 17.8. The van der Waals surface area contributed by atoms with Gasteiger partial charge in [0.2, 0.25) is 5.91 Å². The van der Waals surface area contributed by atoms with E-state index in [1.165, 1.54) is 11.3 Å². The number of hydrogen-bond acceptors (Lipinski definition) is 3. The Morgan fingerprint density at radius 3 is 2.48 bits per heavy atom. The lowest BCUT2D eigenvalue weighted by Crippen LogP contribution is -2.37. The lowest BCUT2D eigenvalue weighted by atomic mass is 10.1. The van der Waals surface area contributed by atoms with E-state index in [1.54, 1.807) is 0 Å². The quantitative estimate of drug-likeness (QED) is 0.773. The smallest absolute Gasteiger partial charge is 0.223 e. The van der Waals surface area contributed by atoms with E-state index in [0.29, 0.717) is 25.4 Å². The maximum absolute atomic E-state index is 12.6. The summed E-state index contributed by atoms with van der Waals surface area (Å²) in [6.07, 6.45) is 2.97. The van der Waals surface area contributed by atoms with Gasteiger partial charge in [-0.1, -0.05) is 26.0 Å². The van der Waals surface area contributed by atoms with Crippen LogP contribution in [0.15, 0.2) is 24.3 Å². The predicted octanol–water partition coefficient (Wildman–Crippen LogP) is 3.31. The topological polar surface area (TPSA) is 32.8 Å². The molecule has 2 rings (SSSR count). The zero-order valence-electron chi connectivity index (χ0n) is 14.9. The number of carbonyl (C=O) groups is 1. The minimum Gasteiger partial charge on any atom is -0.378 e. The maximum atomic E-state index is 12.6. The minimum absolute atomic E-state index is 0.201. The van der Waals surface area contributed by atoms with Gasteiger partial charge in [0, 0.05) is 45.9 Å². The fraction of sp³-hybridized carbons (Fsp3) is 0.632. The summed E-state index contributed by atoms with van der Waals surface area (Å²) in [6, 6.07) is 8.43. The molecule has 1 aliphatic rings. The van der Waals surface area contributed by atoms with Crippen molar-refractivity contribution >= 4 is 11.6 Å². The molecule has 1 heterocycles. The standard InChI is InChI=1S/C19H30N2O2/c1-15(2)12-19(22)21(14-18-6-5-11-23-18)13-16-7-9-17(10-8-16)20(3)4/h7-10,15,18H,5-6,11-14H2,1-4H3. The Labute approximate surface area is 140 Å². The van der Waals surface area contributed by atoms with Crippen LogP contribution >= 0.6 is 0 Å². The molecule has 1 fully saturated rings. The van der Waals surface area contributed by atoms with Crippen LogP contribution in [0, 0.1) is 5.92 Å². The van der Waals surface area contributed by atoms with Gasteiger partial charge in [-0.05, 0) is 36.5 Å². The second kappa shape index (κ2) is 8.34. The molecular weight excluding hydrogens is 288 g/mol. The van der Waals surface area contributed by atoms with Crippen molar-refractivity contribution < 1.29 is 9.53 Å². The first-order valence-corrected chi connectivity index (χ1v) is 8.61. The van der Waals surface area contributed by atoms with Gasteiger partial charge in [-0.15, -0.1) is 0 Å². The van der Waals surface area contributed by atoms with Crippen molar-refractivity contribution in [2.24, 2.45) is 5.92 Å². The van der Waals surface area contributed by atoms with Crippen LogP contribution in [-0.4, -0.2) is 44.2 Å². The number of rotatable bonds is 7. The highest BCUT2D eigenvalue weighted by molar-refractivity contribution is 5.76. The van der Waals surface area contributed by atoms with Gasteiger partial charge in [0.1, 0.15) is 0 Å². The van der Waals surface area contributed by atoms with E-state index < -0.39 is 0 Å². The first-order valence-electron chi connectivity index (χ1n) is 8.61. The molecule has 4 heteroatoms. The van der Waals surface area contributed by atoms with Gasteiger partial charge < -0.3 is 14.5 Å². The normalized spacial score (nSPS) is 17.5. The number of nitrogens with zero attached hydrogens (tertiary/aromatic N) is 2. The van der Waals surface area contributed by atoms with E-state index in [0.717, 1.165) is 19.4 Å². The molecule has 128 valence electrons.